The first-order chi connectivity index (χ1) is 10.5. The quantitative estimate of drug-likeness (QED) is 0.383. The van der Waals surface area contributed by atoms with Gasteiger partial charge in [0.25, 0.3) is 0 Å². The van der Waals surface area contributed by atoms with Gasteiger partial charge in [-0.3, -0.25) is 0 Å². The number of aliphatic imine (C=N–C) groups is 1. The third-order valence-corrected chi connectivity index (χ3v) is 3.05. The molecule has 1 aromatic heterocycles. The summed E-state index contributed by atoms with van der Waals surface area (Å²) in [6.07, 6.45) is 1.37. The molecule has 3 aromatic rings. The highest BCUT2D eigenvalue weighted by atomic mass is 16.4. The van der Waals surface area contributed by atoms with E-state index in [-0.39, 0.29) is 28.5 Å². The van der Waals surface area contributed by atoms with Crippen LogP contribution in [0.3, 0.4) is 0 Å². The zero-order valence-electron chi connectivity index (χ0n) is 11.2. The number of fused-ring (bicyclic) bond motifs is 1. The molecule has 0 radical (unpaired) electrons. The maximum absolute atomic E-state index is 11.8. The van der Waals surface area contributed by atoms with E-state index in [0.29, 0.717) is 10.9 Å². The van der Waals surface area contributed by atoms with Crippen LogP contribution in [0, 0.1) is 0 Å². The third-order valence-electron chi connectivity index (χ3n) is 3.05. The molecule has 0 saturated carbocycles. The standard InChI is InChI=1S/C16H11NO5/c18-11-3-2-10-6-12(16(21)22-15(10)7-11)17-8-9-1-4-13(19)14(20)5-9/h1-8,18-20H. The van der Waals surface area contributed by atoms with Crippen molar-refractivity contribution in [2.45, 2.75) is 0 Å². The number of aromatic hydroxyl groups is 3. The molecule has 0 fully saturated rings. The van der Waals surface area contributed by atoms with E-state index in [4.69, 9.17) is 4.42 Å². The molecule has 3 rings (SSSR count). The molecule has 0 aliphatic carbocycles. The fraction of sp³-hybridized carbons (Fsp3) is 0. The lowest BCUT2D eigenvalue weighted by molar-refractivity contribution is 0.403. The molecule has 0 unspecified atom stereocenters. The number of benzene rings is 2. The number of phenols is 3. The highest BCUT2D eigenvalue weighted by Crippen LogP contribution is 2.25. The molecule has 0 atom stereocenters. The van der Waals surface area contributed by atoms with Crippen molar-refractivity contribution in [1.82, 2.24) is 0 Å². The van der Waals surface area contributed by atoms with Gasteiger partial charge in [0.2, 0.25) is 0 Å². The highest BCUT2D eigenvalue weighted by Gasteiger charge is 2.05. The number of phenolic OH excluding ortho intramolecular Hbond substituents is 3. The Labute approximate surface area is 124 Å². The van der Waals surface area contributed by atoms with Crippen LogP contribution in [0.15, 0.2) is 56.7 Å². The monoisotopic (exact) mass is 297 g/mol. The van der Waals surface area contributed by atoms with Crippen LogP contribution < -0.4 is 5.63 Å². The summed E-state index contributed by atoms with van der Waals surface area (Å²) in [5.74, 6) is -0.501. The van der Waals surface area contributed by atoms with Gasteiger partial charge in [-0.05, 0) is 42.0 Å². The van der Waals surface area contributed by atoms with Gasteiger partial charge in [0.1, 0.15) is 17.0 Å². The fourth-order valence-corrected chi connectivity index (χ4v) is 1.94. The van der Waals surface area contributed by atoms with E-state index in [1.165, 1.54) is 36.5 Å². The van der Waals surface area contributed by atoms with Crippen molar-refractivity contribution < 1.29 is 19.7 Å². The minimum atomic E-state index is -0.641. The molecule has 1 heterocycles. The average Bonchev–Trinajstić information content (AvgIpc) is 2.48. The first-order valence-corrected chi connectivity index (χ1v) is 6.36. The van der Waals surface area contributed by atoms with Crippen molar-refractivity contribution >= 4 is 22.9 Å². The molecule has 110 valence electrons. The van der Waals surface area contributed by atoms with E-state index in [2.05, 4.69) is 4.99 Å². The van der Waals surface area contributed by atoms with Crippen LogP contribution in [0.4, 0.5) is 5.69 Å². The van der Waals surface area contributed by atoms with Crippen molar-refractivity contribution in [1.29, 1.82) is 0 Å². The predicted molar refractivity (Wildman–Crippen MR) is 81.2 cm³/mol. The molecule has 0 bridgehead atoms. The van der Waals surface area contributed by atoms with Gasteiger partial charge in [0.15, 0.2) is 11.5 Å². The molecule has 0 aliphatic heterocycles. The second-order valence-corrected chi connectivity index (χ2v) is 4.65. The van der Waals surface area contributed by atoms with E-state index in [1.807, 2.05) is 0 Å². The molecule has 0 spiro atoms. The lowest BCUT2D eigenvalue weighted by atomic mass is 10.2. The SMILES string of the molecule is O=c1oc2cc(O)ccc2cc1N=Cc1ccc(O)c(O)c1. The molecular formula is C16H11NO5. The van der Waals surface area contributed by atoms with Gasteiger partial charge in [-0.1, -0.05) is 0 Å². The van der Waals surface area contributed by atoms with Gasteiger partial charge in [0, 0.05) is 17.7 Å². The van der Waals surface area contributed by atoms with Crippen LogP contribution in [0.1, 0.15) is 5.56 Å². The van der Waals surface area contributed by atoms with Gasteiger partial charge in [-0.15, -0.1) is 0 Å². The summed E-state index contributed by atoms with van der Waals surface area (Å²) in [4.78, 5) is 15.9. The Kier molecular flexibility index (Phi) is 3.27. The third kappa shape index (κ3) is 2.62. The van der Waals surface area contributed by atoms with Crippen LogP contribution >= 0.6 is 0 Å². The molecule has 22 heavy (non-hydrogen) atoms. The predicted octanol–water partition coefficient (Wildman–Crippen LogP) is 2.66. The van der Waals surface area contributed by atoms with Crippen LogP contribution in [-0.2, 0) is 0 Å². The fourth-order valence-electron chi connectivity index (χ4n) is 1.94. The Morgan fingerprint density at radius 1 is 0.955 bits per heavy atom. The lowest BCUT2D eigenvalue weighted by Gasteiger charge is -2.00. The number of hydrogen-bond acceptors (Lipinski definition) is 6. The number of rotatable bonds is 2. The summed E-state index contributed by atoms with van der Waals surface area (Å²) in [5.41, 5.74) is 0.231. The van der Waals surface area contributed by atoms with Crippen LogP contribution in [0.2, 0.25) is 0 Å². The molecule has 3 N–H and O–H groups in total. The minimum absolute atomic E-state index is 0.00599. The Morgan fingerprint density at radius 2 is 1.77 bits per heavy atom. The van der Waals surface area contributed by atoms with Crippen molar-refractivity contribution in [2.75, 3.05) is 0 Å². The largest absolute Gasteiger partial charge is 0.508 e. The Bertz CT molecular complexity index is 943. The van der Waals surface area contributed by atoms with Crippen LogP contribution in [0.25, 0.3) is 11.0 Å². The van der Waals surface area contributed by atoms with E-state index in [9.17, 15) is 20.1 Å². The second-order valence-electron chi connectivity index (χ2n) is 4.65. The Morgan fingerprint density at radius 3 is 2.55 bits per heavy atom. The van der Waals surface area contributed by atoms with Crippen LogP contribution in [0.5, 0.6) is 17.2 Å². The number of hydrogen-bond donors (Lipinski definition) is 3. The molecule has 0 amide bonds. The first kappa shape index (κ1) is 13.7. The van der Waals surface area contributed by atoms with Gasteiger partial charge in [0.05, 0.1) is 0 Å². The first-order valence-electron chi connectivity index (χ1n) is 6.36. The molecular weight excluding hydrogens is 286 g/mol. The van der Waals surface area contributed by atoms with E-state index in [0.717, 1.165) is 0 Å². The molecule has 0 saturated heterocycles. The zero-order chi connectivity index (χ0) is 15.7. The Balaban J connectivity index is 2.01. The lowest BCUT2D eigenvalue weighted by Crippen LogP contribution is -1.98. The van der Waals surface area contributed by atoms with Crippen molar-refractivity contribution in [3.8, 4) is 17.2 Å². The smallest absolute Gasteiger partial charge is 0.362 e. The van der Waals surface area contributed by atoms with Crippen molar-refractivity contribution in [3.05, 3.63) is 58.4 Å². The summed E-state index contributed by atoms with van der Waals surface area (Å²) in [5, 5.41) is 28.6. The van der Waals surface area contributed by atoms with E-state index >= 15 is 0 Å². The van der Waals surface area contributed by atoms with Crippen molar-refractivity contribution in [3.63, 3.8) is 0 Å². The normalized spacial score (nSPS) is 11.3. The van der Waals surface area contributed by atoms with Crippen LogP contribution in [-0.4, -0.2) is 21.5 Å². The summed E-state index contributed by atoms with van der Waals surface area (Å²) in [7, 11) is 0. The molecule has 2 aromatic carbocycles. The number of nitrogens with zero attached hydrogens (tertiary/aromatic N) is 1. The van der Waals surface area contributed by atoms with E-state index in [1.54, 1.807) is 12.1 Å². The maximum Gasteiger partial charge on any atom is 0.362 e. The highest BCUT2D eigenvalue weighted by molar-refractivity contribution is 5.85. The molecule has 6 heteroatoms. The minimum Gasteiger partial charge on any atom is -0.508 e. The van der Waals surface area contributed by atoms with Gasteiger partial charge in [-0.2, -0.15) is 0 Å². The molecule has 6 nitrogen and oxygen atoms in total. The Hall–Kier alpha value is -3.28. The van der Waals surface area contributed by atoms with Gasteiger partial charge in [-0.25, -0.2) is 9.79 Å². The second kappa shape index (κ2) is 5.25. The van der Waals surface area contributed by atoms with Gasteiger partial charge < -0.3 is 19.7 Å². The summed E-state index contributed by atoms with van der Waals surface area (Å²) in [6.45, 7) is 0. The van der Waals surface area contributed by atoms with Gasteiger partial charge >= 0.3 is 5.63 Å². The maximum atomic E-state index is 11.8. The summed E-state index contributed by atoms with van der Waals surface area (Å²) < 4.78 is 5.09. The van der Waals surface area contributed by atoms with E-state index < -0.39 is 5.63 Å². The topological polar surface area (TPSA) is 103 Å². The van der Waals surface area contributed by atoms with Crippen molar-refractivity contribution in [2.24, 2.45) is 4.99 Å². The molecule has 0 aliphatic rings. The average molecular weight is 297 g/mol. The zero-order valence-corrected chi connectivity index (χ0v) is 11.2. The summed E-state index contributed by atoms with van der Waals surface area (Å²) in [6, 6.07) is 10.2. The summed E-state index contributed by atoms with van der Waals surface area (Å²) >= 11 is 0.